The van der Waals surface area contributed by atoms with E-state index in [0.29, 0.717) is 32.5 Å². The third-order valence-corrected chi connectivity index (χ3v) is 5.85. The van der Waals surface area contributed by atoms with Crippen molar-refractivity contribution in [2.24, 2.45) is 0 Å². The summed E-state index contributed by atoms with van der Waals surface area (Å²) in [6.07, 6.45) is 0. The summed E-state index contributed by atoms with van der Waals surface area (Å²) in [6.45, 7) is 0. The van der Waals surface area contributed by atoms with Crippen LogP contribution in [0.3, 0.4) is 0 Å². The van der Waals surface area contributed by atoms with Crippen LogP contribution in [0.2, 0.25) is 10.0 Å². The van der Waals surface area contributed by atoms with E-state index in [9.17, 15) is 14.0 Å². The molecule has 4 rings (SSSR count). The molecule has 5 nitrogen and oxygen atoms in total. The highest BCUT2D eigenvalue weighted by atomic mass is 35.5. The van der Waals surface area contributed by atoms with E-state index in [0.717, 1.165) is 11.8 Å². The number of thioether (sulfide) groups is 1. The normalized spacial score (nSPS) is 10.9. The fraction of sp³-hybridized carbons (Fsp3) is 0.0455. The zero-order chi connectivity index (χ0) is 22.0. The summed E-state index contributed by atoms with van der Waals surface area (Å²) in [5.74, 6) is -0.938. The highest BCUT2D eigenvalue weighted by Gasteiger charge is 2.15. The van der Waals surface area contributed by atoms with Gasteiger partial charge in [0.25, 0.3) is 5.56 Å². The number of rotatable bonds is 5. The topological polar surface area (TPSA) is 64.0 Å². The summed E-state index contributed by atoms with van der Waals surface area (Å²) in [5.41, 5.74) is 1.24. The van der Waals surface area contributed by atoms with Gasteiger partial charge >= 0.3 is 0 Å². The molecular formula is C22H14Cl2FN3O2S. The monoisotopic (exact) mass is 473 g/mol. The van der Waals surface area contributed by atoms with Crippen molar-refractivity contribution in [3.05, 3.63) is 92.9 Å². The summed E-state index contributed by atoms with van der Waals surface area (Å²) in [4.78, 5) is 30.2. The van der Waals surface area contributed by atoms with Crippen molar-refractivity contribution in [3.8, 4) is 5.69 Å². The number of fused-ring (bicyclic) bond motifs is 1. The molecular weight excluding hydrogens is 460 g/mol. The van der Waals surface area contributed by atoms with Crippen LogP contribution in [0.5, 0.6) is 0 Å². The maximum absolute atomic E-state index is 13.3. The van der Waals surface area contributed by atoms with Crippen molar-refractivity contribution in [2.75, 3.05) is 11.1 Å². The number of hydrogen-bond acceptors (Lipinski definition) is 4. The smallest absolute Gasteiger partial charge is 0.266 e. The Kier molecular flexibility index (Phi) is 6.27. The predicted molar refractivity (Wildman–Crippen MR) is 123 cm³/mol. The summed E-state index contributed by atoms with van der Waals surface area (Å²) < 4.78 is 14.8. The summed E-state index contributed by atoms with van der Waals surface area (Å²) in [6, 6.07) is 17.7. The number of hydrogen-bond donors (Lipinski definition) is 1. The van der Waals surface area contributed by atoms with Gasteiger partial charge in [0.15, 0.2) is 5.16 Å². The Hall–Kier alpha value is -2.87. The Morgan fingerprint density at radius 3 is 2.55 bits per heavy atom. The Morgan fingerprint density at radius 1 is 1.06 bits per heavy atom. The van der Waals surface area contributed by atoms with Crippen molar-refractivity contribution in [1.29, 1.82) is 0 Å². The molecule has 0 aliphatic carbocycles. The van der Waals surface area contributed by atoms with Crippen molar-refractivity contribution < 1.29 is 9.18 Å². The van der Waals surface area contributed by atoms with E-state index in [-0.39, 0.29) is 22.2 Å². The molecule has 0 aliphatic rings. The van der Waals surface area contributed by atoms with Gasteiger partial charge in [0.05, 0.1) is 27.4 Å². The molecule has 156 valence electrons. The van der Waals surface area contributed by atoms with Crippen LogP contribution in [0, 0.1) is 5.82 Å². The lowest BCUT2D eigenvalue weighted by Crippen LogP contribution is -2.23. The second-order valence-corrected chi connectivity index (χ2v) is 8.28. The first-order chi connectivity index (χ1) is 14.9. The molecule has 1 aromatic heterocycles. The Labute approximate surface area is 190 Å². The third-order valence-electron chi connectivity index (χ3n) is 4.37. The first-order valence-electron chi connectivity index (χ1n) is 9.08. The molecule has 0 fully saturated rings. The van der Waals surface area contributed by atoms with Crippen LogP contribution < -0.4 is 10.9 Å². The lowest BCUT2D eigenvalue weighted by Gasteiger charge is -2.13. The lowest BCUT2D eigenvalue weighted by molar-refractivity contribution is -0.113. The van der Waals surface area contributed by atoms with Gasteiger partial charge in [-0.2, -0.15) is 0 Å². The molecule has 0 radical (unpaired) electrons. The van der Waals surface area contributed by atoms with E-state index in [1.165, 1.54) is 22.8 Å². The molecule has 0 saturated heterocycles. The fourth-order valence-electron chi connectivity index (χ4n) is 2.93. The van der Waals surface area contributed by atoms with Gasteiger partial charge in [0, 0.05) is 10.7 Å². The number of nitrogens with zero attached hydrogens (tertiary/aromatic N) is 2. The number of aromatic nitrogens is 2. The zero-order valence-electron chi connectivity index (χ0n) is 15.8. The minimum absolute atomic E-state index is 0.0205. The average molecular weight is 474 g/mol. The van der Waals surface area contributed by atoms with Gasteiger partial charge in [-0.25, -0.2) is 9.37 Å². The van der Waals surface area contributed by atoms with Gasteiger partial charge in [-0.1, -0.05) is 47.1 Å². The zero-order valence-corrected chi connectivity index (χ0v) is 18.1. The minimum Gasteiger partial charge on any atom is -0.325 e. The maximum Gasteiger partial charge on any atom is 0.266 e. The fourth-order valence-corrected chi connectivity index (χ4v) is 4.05. The van der Waals surface area contributed by atoms with Crippen molar-refractivity contribution in [2.45, 2.75) is 5.16 Å². The van der Waals surface area contributed by atoms with E-state index in [2.05, 4.69) is 10.3 Å². The molecule has 1 amide bonds. The number of carbonyl (C=O) groups excluding carboxylic acids is 1. The van der Waals surface area contributed by atoms with Crippen LogP contribution in [-0.2, 0) is 4.79 Å². The van der Waals surface area contributed by atoms with E-state index in [1.54, 1.807) is 48.5 Å². The van der Waals surface area contributed by atoms with Gasteiger partial charge in [-0.15, -0.1) is 0 Å². The van der Waals surface area contributed by atoms with Crippen molar-refractivity contribution in [3.63, 3.8) is 0 Å². The molecule has 9 heteroatoms. The molecule has 0 atom stereocenters. The number of carbonyl (C=O) groups is 1. The van der Waals surface area contributed by atoms with Crippen LogP contribution in [0.1, 0.15) is 0 Å². The first kappa shape index (κ1) is 21.4. The molecule has 3 aromatic carbocycles. The van der Waals surface area contributed by atoms with Crippen molar-refractivity contribution in [1.82, 2.24) is 9.55 Å². The number of halogens is 3. The van der Waals surface area contributed by atoms with E-state index in [1.807, 2.05) is 0 Å². The quantitative estimate of drug-likeness (QED) is 0.304. The van der Waals surface area contributed by atoms with Crippen LogP contribution in [-0.4, -0.2) is 21.2 Å². The second-order valence-electron chi connectivity index (χ2n) is 6.49. The van der Waals surface area contributed by atoms with Gasteiger partial charge < -0.3 is 5.32 Å². The SMILES string of the molecule is O=C(CSc1nc2ccccc2c(=O)n1-c1ccc(Cl)cc1)Nc1ccc(F)c(Cl)c1. The molecule has 1 N–H and O–H groups in total. The Morgan fingerprint density at radius 2 is 1.81 bits per heavy atom. The molecule has 4 aromatic rings. The molecule has 0 bridgehead atoms. The summed E-state index contributed by atoms with van der Waals surface area (Å²) in [7, 11) is 0. The highest BCUT2D eigenvalue weighted by Crippen LogP contribution is 2.23. The number of benzene rings is 3. The molecule has 1 heterocycles. The van der Waals surface area contributed by atoms with Gasteiger partial charge in [-0.05, 0) is 54.6 Å². The lowest BCUT2D eigenvalue weighted by atomic mass is 10.2. The standard InChI is InChI=1S/C22H14Cl2FN3O2S/c23-13-5-8-15(9-6-13)28-21(30)16-3-1-2-4-19(16)27-22(28)31-12-20(29)26-14-7-10-18(25)17(24)11-14/h1-11H,12H2,(H,26,29). The minimum atomic E-state index is -0.568. The second kappa shape index (κ2) is 9.09. The van der Waals surface area contributed by atoms with E-state index < -0.39 is 5.82 Å². The number of para-hydroxylation sites is 1. The number of amides is 1. The Bertz CT molecular complexity index is 1340. The Balaban J connectivity index is 1.65. The molecule has 0 aliphatic heterocycles. The van der Waals surface area contributed by atoms with Crippen LogP contribution in [0.15, 0.2) is 76.7 Å². The molecule has 0 spiro atoms. The summed E-state index contributed by atoms with van der Waals surface area (Å²) in [5, 5.41) is 3.93. The first-order valence-corrected chi connectivity index (χ1v) is 10.8. The molecule has 0 saturated carbocycles. The van der Waals surface area contributed by atoms with Crippen LogP contribution in [0.4, 0.5) is 10.1 Å². The number of anilines is 1. The molecule has 31 heavy (non-hydrogen) atoms. The van der Waals surface area contributed by atoms with E-state index in [4.69, 9.17) is 23.2 Å². The van der Waals surface area contributed by atoms with Crippen LogP contribution in [0.25, 0.3) is 16.6 Å². The van der Waals surface area contributed by atoms with Crippen LogP contribution >= 0.6 is 35.0 Å². The van der Waals surface area contributed by atoms with Gasteiger partial charge in [-0.3, -0.25) is 14.2 Å². The highest BCUT2D eigenvalue weighted by molar-refractivity contribution is 7.99. The van der Waals surface area contributed by atoms with Crippen molar-refractivity contribution >= 4 is 57.5 Å². The van der Waals surface area contributed by atoms with E-state index >= 15 is 0 Å². The molecule has 0 unspecified atom stereocenters. The van der Waals surface area contributed by atoms with Gasteiger partial charge in [0.1, 0.15) is 5.82 Å². The maximum atomic E-state index is 13.3. The largest absolute Gasteiger partial charge is 0.325 e. The van der Waals surface area contributed by atoms with Gasteiger partial charge in [0.2, 0.25) is 5.91 Å². The number of nitrogens with one attached hydrogen (secondary N) is 1. The predicted octanol–water partition coefficient (Wildman–Crippen LogP) is 5.56. The summed E-state index contributed by atoms with van der Waals surface area (Å²) >= 11 is 12.8. The third kappa shape index (κ3) is 4.74. The average Bonchev–Trinajstić information content (AvgIpc) is 2.76.